The summed E-state index contributed by atoms with van der Waals surface area (Å²) in [4.78, 5) is 14.7. The minimum Gasteiger partial charge on any atom is -0.495 e. The number of nitrogens with zero attached hydrogens (tertiary/aromatic N) is 3. The minimum atomic E-state index is 0.225. The maximum atomic E-state index is 12.7. The van der Waals surface area contributed by atoms with Crippen molar-refractivity contribution in [2.75, 3.05) is 31.3 Å². The average molecular weight is 419 g/mol. The van der Waals surface area contributed by atoms with Crippen LogP contribution in [-0.2, 0) is 4.79 Å². The topological polar surface area (TPSA) is 67.3 Å². The molecule has 2 atom stereocenters. The van der Waals surface area contributed by atoms with Gasteiger partial charge in [0.2, 0.25) is 11.0 Å². The highest BCUT2D eigenvalue weighted by Crippen LogP contribution is 2.36. The van der Waals surface area contributed by atoms with E-state index in [1.165, 1.54) is 55.2 Å². The predicted octanol–water partition coefficient (Wildman–Crippen LogP) is 4.42. The Morgan fingerprint density at radius 2 is 2.07 bits per heavy atom. The molecule has 1 N–H and O–H groups in total. The molecule has 1 saturated carbocycles. The third-order valence-corrected chi connectivity index (χ3v) is 7.67. The number of likely N-dealkylation sites (tertiary alicyclic amines) is 1. The molecule has 2 aliphatic rings. The average Bonchev–Trinajstić information content (AvgIpc) is 3.19. The van der Waals surface area contributed by atoms with E-state index in [4.69, 9.17) is 4.74 Å². The van der Waals surface area contributed by atoms with Gasteiger partial charge in [0.25, 0.3) is 0 Å². The van der Waals surface area contributed by atoms with E-state index >= 15 is 0 Å². The summed E-state index contributed by atoms with van der Waals surface area (Å²) in [6.45, 7) is 1.86. The number of anilines is 2. The number of hydrogen-bond acceptors (Lipinski definition) is 7. The molecule has 1 amide bonds. The van der Waals surface area contributed by atoms with E-state index in [9.17, 15) is 4.79 Å². The molecule has 1 saturated heterocycles. The minimum absolute atomic E-state index is 0.225. The van der Waals surface area contributed by atoms with Gasteiger partial charge in [0.15, 0.2) is 4.34 Å². The van der Waals surface area contributed by atoms with Gasteiger partial charge in [-0.25, -0.2) is 0 Å². The molecule has 150 valence electrons. The van der Waals surface area contributed by atoms with Crippen LogP contribution in [-0.4, -0.2) is 47.0 Å². The van der Waals surface area contributed by atoms with Crippen LogP contribution in [0.25, 0.3) is 0 Å². The summed E-state index contributed by atoms with van der Waals surface area (Å²) in [6, 6.07) is 7.70. The number of fused-ring (bicyclic) bond motifs is 1. The lowest BCUT2D eigenvalue weighted by molar-refractivity contribution is -0.131. The summed E-state index contributed by atoms with van der Waals surface area (Å²) < 4.78 is 6.15. The van der Waals surface area contributed by atoms with Crippen LogP contribution in [0.3, 0.4) is 0 Å². The molecule has 0 unspecified atom stereocenters. The molecule has 0 spiro atoms. The lowest BCUT2D eigenvalue weighted by Crippen LogP contribution is -2.45. The van der Waals surface area contributed by atoms with E-state index < -0.39 is 0 Å². The standard InChI is InChI=1S/C20H26N4O2S2/c1-26-17-9-5-4-8-16(17)21-19-22-23-20(28-19)27-13-18(25)24-11-10-14-6-2-3-7-15(14)12-24/h4-5,8-9,14-15H,2-3,6-7,10-13H2,1H3,(H,21,22)/t14-,15+/m0/s1. The summed E-state index contributed by atoms with van der Waals surface area (Å²) in [7, 11) is 1.64. The normalized spacial score (nSPS) is 21.8. The number of ether oxygens (including phenoxy) is 1. The highest BCUT2D eigenvalue weighted by molar-refractivity contribution is 8.01. The molecule has 1 aliphatic carbocycles. The number of carbonyl (C=O) groups excluding carboxylic acids is 1. The highest BCUT2D eigenvalue weighted by atomic mass is 32.2. The number of thioether (sulfide) groups is 1. The van der Waals surface area contributed by atoms with Crippen LogP contribution in [0.15, 0.2) is 28.6 Å². The molecular formula is C20H26N4O2S2. The lowest BCUT2D eigenvalue weighted by atomic mass is 9.75. The first kappa shape index (κ1) is 19.5. The van der Waals surface area contributed by atoms with Crippen LogP contribution < -0.4 is 10.1 Å². The maximum absolute atomic E-state index is 12.7. The lowest BCUT2D eigenvalue weighted by Gasteiger charge is -2.41. The van der Waals surface area contributed by atoms with Crippen LogP contribution in [0.2, 0.25) is 0 Å². The van der Waals surface area contributed by atoms with Gasteiger partial charge in [0, 0.05) is 13.1 Å². The fourth-order valence-electron chi connectivity index (χ4n) is 4.22. The van der Waals surface area contributed by atoms with Gasteiger partial charge >= 0.3 is 0 Å². The summed E-state index contributed by atoms with van der Waals surface area (Å²) in [6.07, 6.45) is 6.51. The molecular weight excluding hydrogens is 392 g/mol. The van der Waals surface area contributed by atoms with Crippen LogP contribution in [0.4, 0.5) is 10.8 Å². The van der Waals surface area contributed by atoms with E-state index in [0.717, 1.165) is 40.7 Å². The monoisotopic (exact) mass is 418 g/mol. The van der Waals surface area contributed by atoms with Crippen LogP contribution in [0.1, 0.15) is 32.1 Å². The maximum Gasteiger partial charge on any atom is 0.233 e. The van der Waals surface area contributed by atoms with E-state index in [2.05, 4.69) is 20.4 Å². The van der Waals surface area contributed by atoms with Crippen LogP contribution in [0.5, 0.6) is 5.75 Å². The fraction of sp³-hybridized carbons (Fsp3) is 0.550. The number of benzene rings is 1. The van der Waals surface area contributed by atoms with Crippen molar-refractivity contribution in [2.45, 2.75) is 36.4 Å². The summed E-state index contributed by atoms with van der Waals surface area (Å²) >= 11 is 2.93. The molecule has 2 fully saturated rings. The summed E-state index contributed by atoms with van der Waals surface area (Å²) in [5.41, 5.74) is 0.851. The Morgan fingerprint density at radius 1 is 1.25 bits per heavy atom. The second kappa shape index (κ2) is 9.13. The Kier molecular flexibility index (Phi) is 6.36. The number of para-hydroxylation sites is 2. The molecule has 8 heteroatoms. The highest BCUT2D eigenvalue weighted by Gasteiger charge is 2.32. The second-order valence-electron chi connectivity index (χ2n) is 7.42. The van der Waals surface area contributed by atoms with Gasteiger partial charge in [0.1, 0.15) is 5.75 Å². The molecule has 4 rings (SSSR count). The van der Waals surface area contributed by atoms with Crippen molar-refractivity contribution in [3.8, 4) is 5.75 Å². The Labute approximate surface area is 174 Å². The second-order valence-corrected chi connectivity index (χ2v) is 9.62. The number of hydrogen-bond donors (Lipinski definition) is 1. The number of nitrogens with one attached hydrogen (secondary N) is 1. The zero-order valence-corrected chi connectivity index (χ0v) is 17.7. The first-order chi connectivity index (χ1) is 13.7. The molecule has 1 aromatic carbocycles. The number of carbonyl (C=O) groups is 1. The number of rotatable bonds is 6. The van der Waals surface area contributed by atoms with Crippen molar-refractivity contribution >= 4 is 39.8 Å². The van der Waals surface area contributed by atoms with E-state index in [1.54, 1.807) is 7.11 Å². The summed E-state index contributed by atoms with van der Waals surface area (Å²) in [5, 5.41) is 12.3. The van der Waals surface area contributed by atoms with Crippen molar-refractivity contribution < 1.29 is 9.53 Å². The Morgan fingerprint density at radius 3 is 2.93 bits per heavy atom. The smallest absolute Gasteiger partial charge is 0.233 e. The first-order valence-corrected chi connectivity index (χ1v) is 11.7. The molecule has 2 aromatic rings. The Bertz CT molecular complexity index is 813. The first-order valence-electron chi connectivity index (χ1n) is 9.87. The third kappa shape index (κ3) is 4.60. The van der Waals surface area contributed by atoms with Crippen molar-refractivity contribution in [3.05, 3.63) is 24.3 Å². The molecule has 1 aromatic heterocycles. The fourth-order valence-corrected chi connectivity index (χ4v) is 5.89. The SMILES string of the molecule is COc1ccccc1Nc1nnc(SCC(=O)N2CC[C@@H]3CCCC[C@@H]3C2)s1. The largest absolute Gasteiger partial charge is 0.495 e. The van der Waals surface area contributed by atoms with Crippen molar-refractivity contribution in [1.29, 1.82) is 0 Å². The van der Waals surface area contributed by atoms with Gasteiger partial charge in [-0.2, -0.15) is 0 Å². The van der Waals surface area contributed by atoms with Gasteiger partial charge in [0.05, 0.1) is 18.6 Å². The molecule has 2 heterocycles. The predicted molar refractivity (Wildman–Crippen MR) is 114 cm³/mol. The molecule has 0 radical (unpaired) electrons. The van der Waals surface area contributed by atoms with Crippen molar-refractivity contribution in [1.82, 2.24) is 15.1 Å². The number of methoxy groups -OCH3 is 1. The van der Waals surface area contributed by atoms with E-state index in [-0.39, 0.29) is 5.91 Å². The van der Waals surface area contributed by atoms with Gasteiger partial charge in [-0.05, 0) is 36.8 Å². The number of piperidine rings is 1. The van der Waals surface area contributed by atoms with Crippen LogP contribution >= 0.6 is 23.1 Å². The summed E-state index contributed by atoms with van der Waals surface area (Å²) in [5.74, 6) is 2.98. The number of aromatic nitrogens is 2. The van der Waals surface area contributed by atoms with Gasteiger partial charge in [-0.15, -0.1) is 10.2 Å². The van der Waals surface area contributed by atoms with Gasteiger partial charge < -0.3 is 15.0 Å². The van der Waals surface area contributed by atoms with Crippen LogP contribution in [0, 0.1) is 11.8 Å². The van der Waals surface area contributed by atoms with Gasteiger partial charge in [-0.3, -0.25) is 4.79 Å². The van der Waals surface area contributed by atoms with E-state index in [1.807, 2.05) is 24.3 Å². The van der Waals surface area contributed by atoms with E-state index in [0.29, 0.717) is 10.9 Å². The Hall–Kier alpha value is -1.80. The zero-order valence-electron chi connectivity index (χ0n) is 16.1. The molecule has 6 nitrogen and oxygen atoms in total. The molecule has 0 bridgehead atoms. The Balaban J connectivity index is 1.29. The zero-order chi connectivity index (χ0) is 19.3. The molecule has 28 heavy (non-hydrogen) atoms. The molecule has 1 aliphatic heterocycles. The third-order valence-electron chi connectivity index (χ3n) is 5.72. The quantitative estimate of drug-likeness (QED) is 0.701. The van der Waals surface area contributed by atoms with Crippen molar-refractivity contribution in [2.24, 2.45) is 11.8 Å². The van der Waals surface area contributed by atoms with Gasteiger partial charge in [-0.1, -0.05) is 54.5 Å². The van der Waals surface area contributed by atoms with Crippen molar-refractivity contribution in [3.63, 3.8) is 0 Å². The number of amides is 1.